The first-order chi connectivity index (χ1) is 14.3. The predicted octanol–water partition coefficient (Wildman–Crippen LogP) is 4.19. The number of methoxy groups -OCH3 is 2. The number of halogens is 1. The zero-order valence-corrected chi connectivity index (χ0v) is 17.4. The maximum absolute atomic E-state index is 13.6. The molecule has 0 atom stereocenters. The number of rotatable bonds is 6. The molecule has 30 heavy (non-hydrogen) atoms. The molecule has 0 unspecified atom stereocenters. The summed E-state index contributed by atoms with van der Waals surface area (Å²) in [5.74, 6) is -0.757. The van der Waals surface area contributed by atoms with Crippen LogP contribution in [0.2, 0.25) is 0 Å². The monoisotopic (exact) mass is 429 g/mol. The normalized spacial score (nSPS) is 11.1. The highest BCUT2D eigenvalue weighted by Crippen LogP contribution is 2.32. The molecule has 0 saturated heterocycles. The number of ether oxygens (including phenoxy) is 2. The van der Waals surface area contributed by atoms with Gasteiger partial charge in [-0.05, 0) is 73.2 Å². The lowest BCUT2D eigenvalue weighted by Crippen LogP contribution is -2.37. The molecule has 0 spiro atoms. The SMILES string of the molecule is COc1ccc(N(C(=O)c2ccc(F)cc2)S(=O)(=O)c2ccc(C)cc2OC)cc1. The molecule has 0 N–H and O–H groups in total. The largest absolute Gasteiger partial charge is 0.497 e. The summed E-state index contributed by atoms with van der Waals surface area (Å²) >= 11 is 0. The molecule has 156 valence electrons. The van der Waals surface area contributed by atoms with Crippen LogP contribution in [0.3, 0.4) is 0 Å². The standard InChI is InChI=1S/C22H20FNO5S/c1-15-4-13-21(20(14-15)29-3)30(26,27)24(18-9-11-19(28-2)12-10-18)22(25)16-5-7-17(23)8-6-16/h4-14H,1-3H3. The lowest BCUT2D eigenvalue weighted by atomic mass is 10.2. The summed E-state index contributed by atoms with van der Waals surface area (Å²) in [6.45, 7) is 1.80. The second-order valence-electron chi connectivity index (χ2n) is 6.43. The lowest BCUT2D eigenvalue weighted by molar-refractivity contribution is 0.101. The van der Waals surface area contributed by atoms with E-state index >= 15 is 0 Å². The van der Waals surface area contributed by atoms with E-state index in [-0.39, 0.29) is 21.9 Å². The first kappa shape index (κ1) is 21.3. The summed E-state index contributed by atoms with van der Waals surface area (Å²) in [4.78, 5) is 13.1. The number of anilines is 1. The van der Waals surface area contributed by atoms with Crippen LogP contribution in [0, 0.1) is 12.7 Å². The van der Waals surface area contributed by atoms with Crippen molar-refractivity contribution in [1.82, 2.24) is 0 Å². The highest BCUT2D eigenvalue weighted by molar-refractivity contribution is 7.93. The molecule has 0 saturated carbocycles. The second kappa shape index (κ2) is 8.54. The number of carbonyl (C=O) groups excluding carboxylic acids is 1. The van der Waals surface area contributed by atoms with E-state index in [9.17, 15) is 17.6 Å². The van der Waals surface area contributed by atoms with Crippen LogP contribution in [-0.4, -0.2) is 28.5 Å². The summed E-state index contributed by atoms with van der Waals surface area (Å²) in [6, 6.07) is 15.2. The number of benzene rings is 3. The summed E-state index contributed by atoms with van der Waals surface area (Å²) in [6.07, 6.45) is 0. The Bertz CT molecular complexity index is 1160. The van der Waals surface area contributed by atoms with Crippen LogP contribution < -0.4 is 13.8 Å². The van der Waals surface area contributed by atoms with Crippen molar-refractivity contribution in [2.75, 3.05) is 18.5 Å². The van der Waals surface area contributed by atoms with E-state index in [2.05, 4.69) is 0 Å². The Morgan fingerprint density at radius 2 is 1.53 bits per heavy atom. The maximum Gasteiger partial charge on any atom is 0.274 e. The molecule has 0 aliphatic heterocycles. The van der Waals surface area contributed by atoms with Crippen LogP contribution in [-0.2, 0) is 10.0 Å². The molecule has 0 aliphatic carbocycles. The minimum Gasteiger partial charge on any atom is -0.497 e. The highest BCUT2D eigenvalue weighted by Gasteiger charge is 2.34. The van der Waals surface area contributed by atoms with Crippen molar-refractivity contribution in [1.29, 1.82) is 0 Å². The molecule has 8 heteroatoms. The zero-order valence-electron chi connectivity index (χ0n) is 16.6. The van der Waals surface area contributed by atoms with E-state index in [1.54, 1.807) is 31.2 Å². The number of sulfonamides is 1. The second-order valence-corrected chi connectivity index (χ2v) is 8.19. The Hall–Kier alpha value is -3.39. The molecule has 1 amide bonds. The van der Waals surface area contributed by atoms with E-state index in [0.29, 0.717) is 10.1 Å². The van der Waals surface area contributed by atoms with Gasteiger partial charge < -0.3 is 9.47 Å². The third kappa shape index (κ3) is 4.13. The molecule has 0 bridgehead atoms. The van der Waals surface area contributed by atoms with Crippen molar-refractivity contribution in [3.63, 3.8) is 0 Å². The molecule has 0 heterocycles. The van der Waals surface area contributed by atoms with Crippen molar-refractivity contribution < 1.29 is 27.1 Å². The number of hydrogen-bond acceptors (Lipinski definition) is 5. The van der Waals surface area contributed by atoms with Crippen molar-refractivity contribution in [2.24, 2.45) is 0 Å². The van der Waals surface area contributed by atoms with Gasteiger partial charge in [0.15, 0.2) is 0 Å². The van der Waals surface area contributed by atoms with Crippen LogP contribution in [0.5, 0.6) is 11.5 Å². The number of amides is 1. The van der Waals surface area contributed by atoms with Crippen molar-refractivity contribution in [3.8, 4) is 11.5 Å². The third-order valence-corrected chi connectivity index (χ3v) is 6.17. The summed E-state index contributed by atoms with van der Waals surface area (Å²) < 4.78 is 51.5. The first-order valence-electron chi connectivity index (χ1n) is 8.92. The van der Waals surface area contributed by atoms with Gasteiger partial charge in [-0.25, -0.2) is 12.8 Å². The summed E-state index contributed by atoms with van der Waals surface area (Å²) in [7, 11) is -1.54. The van der Waals surface area contributed by atoms with Gasteiger partial charge in [0.2, 0.25) is 0 Å². The Morgan fingerprint density at radius 1 is 0.900 bits per heavy atom. The number of nitrogens with zero attached hydrogens (tertiary/aromatic N) is 1. The van der Waals surface area contributed by atoms with Gasteiger partial charge in [-0.3, -0.25) is 4.79 Å². The number of aryl methyl sites for hydroxylation is 1. The topological polar surface area (TPSA) is 72.9 Å². The average Bonchev–Trinajstić information content (AvgIpc) is 2.74. The Balaban J connectivity index is 2.19. The van der Waals surface area contributed by atoms with Gasteiger partial charge in [0, 0.05) is 5.56 Å². The van der Waals surface area contributed by atoms with Gasteiger partial charge in [-0.2, -0.15) is 4.31 Å². The number of carbonyl (C=O) groups is 1. The van der Waals surface area contributed by atoms with Crippen molar-refractivity contribution in [3.05, 3.63) is 83.7 Å². The average molecular weight is 429 g/mol. The molecule has 0 aromatic heterocycles. The predicted molar refractivity (Wildman–Crippen MR) is 111 cm³/mol. The van der Waals surface area contributed by atoms with Gasteiger partial charge in [-0.15, -0.1) is 0 Å². The fraction of sp³-hybridized carbons (Fsp3) is 0.136. The molecule has 3 aromatic carbocycles. The van der Waals surface area contributed by atoms with E-state index in [1.807, 2.05) is 0 Å². The molecular weight excluding hydrogens is 409 g/mol. The fourth-order valence-electron chi connectivity index (χ4n) is 2.88. The van der Waals surface area contributed by atoms with Gasteiger partial charge >= 0.3 is 0 Å². The van der Waals surface area contributed by atoms with E-state index < -0.39 is 21.7 Å². The smallest absolute Gasteiger partial charge is 0.274 e. The lowest BCUT2D eigenvalue weighted by Gasteiger charge is -2.24. The van der Waals surface area contributed by atoms with E-state index in [0.717, 1.165) is 17.7 Å². The van der Waals surface area contributed by atoms with Gasteiger partial charge in [0.05, 0.1) is 19.9 Å². The summed E-state index contributed by atoms with van der Waals surface area (Å²) in [5, 5.41) is 0. The van der Waals surface area contributed by atoms with Gasteiger partial charge in [-0.1, -0.05) is 6.07 Å². The molecule has 3 rings (SSSR count). The molecule has 0 radical (unpaired) electrons. The van der Waals surface area contributed by atoms with Crippen LogP contribution in [0.15, 0.2) is 71.6 Å². The van der Waals surface area contributed by atoms with Crippen LogP contribution >= 0.6 is 0 Å². The van der Waals surface area contributed by atoms with Crippen molar-refractivity contribution in [2.45, 2.75) is 11.8 Å². The first-order valence-corrected chi connectivity index (χ1v) is 10.4. The quantitative estimate of drug-likeness (QED) is 0.588. The van der Waals surface area contributed by atoms with Crippen LogP contribution in [0.25, 0.3) is 0 Å². The third-order valence-electron chi connectivity index (χ3n) is 4.42. The highest BCUT2D eigenvalue weighted by atomic mass is 32.2. The maximum atomic E-state index is 13.6. The van der Waals surface area contributed by atoms with Crippen LogP contribution in [0.4, 0.5) is 10.1 Å². The van der Waals surface area contributed by atoms with E-state index in [4.69, 9.17) is 9.47 Å². The minimum atomic E-state index is -4.37. The fourth-order valence-corrected chi connectivity index (χ4v) is 4.43. The van der Waals surface area contributed by atoms with Crippen LogP contribution in [0.1, 0.15) is 15.9 Å². The molecule has 0 aliphatic rings. The van der Waals surface area contributed by atoms with Gasteiger partial charge in [0.25, 0.3) is 15.9 Å². The molecule has 6 nitrogen and oxygen atoms in total. The van der Waals surface area contributed by atoms with E-state index in [1.165, 1.54) is 44.6 Å². The Labute approximate surface area is 174 Å². The molecule has 0 fully saturated rings. The Morgan fingerprint density at radius 3 is 2.10 bits per heavy atom. The Kier molecular flexibility index (Phi) is 6.07. The molecule has 3 aromatic rings. The van der Waals surface area contributed by atoms with Gasteiger partial charge in [0.1, 0.15) is 22.2 Å². The zero-order chi connectivity index (χ0) is 21.9. The number of hydrogen-bond donors (Lipinski definition) is 0. The minimum absolute atomic E-state index is 0.0156. The summed E-state index contributed by atoms with van der Waals surface area (Å²) in [5.41, 5.74) is 0.918. The van der Waals surface area contributed by atoms with Crippen molar-refractivity contribution >= 4 is 21.6 Å². The molecular formula is C22H20FNO5S.